The van der Waals surface area contributed by atoms with Gasteiger partial charge in [0.05, 0.1) is 28.0 Å². The molecule has 1 aliphatic heterocycles. The average molecular weight is 406 g/mol. The number of imide groups is 1. The fourth-order valence-electron chi connectivity index (χ4n) is 3.98. The Bertz CT molecular complexity index is 1080. The molecule has 4 rings (SSSR count). The normalized spacial score (nSPS) is 22.7. The smallest absolute Gasteiger partial charge is 0.343 e. The lowest BCUT2D eigenvalue weighted by atomic mass is 9.78. The number of amides is 2. The van der Waals surface area contributed by atoms with Gasteiger partial charge in [-0.2, -0.15) is 0 Å². The van der Waals surface area contributed by atoms with Crippen LogP contribution in [0, 0.1) is 27.9 Å². The zero-order valence-corrected chi connectivity index (χ0v) is 16.1. The van der Waals surface area contributed by atoms with Crippen molar-refractivity contribution in [3.05, 3.63) is 76.4 Å². The maximum absolute atomic E-state index is 12.8. The number of fused-ring (bicyclic) bond motifs is 1. The summed E-state index contributed by atoms with van der Waals surface area (Å²) in [6.45, 7) is 1.93. The minimum Gasteiger partial charge on any atom is -0.423 e. The quantitative estimate of drug-likeness (QED) is 0.192. The number of esters is 1. The molecule has 2 aromatic carbocycles. The molecule has 1 heterocycles. The van der Waals surface area contributed by atoms with Crippen LogP contribution in [-0.4, -0.2) is 22.7 Å². The number of anilines is 1. The van der Waals surface area contributed by atoms with Gasteiger partial charge in [0.1, 0.15) is 5.75 Å². The second kappa shape index (κ2) is 7.55. The van der Waals surface area contributed by atoms with Crippen LogP contribution in [0.3, 0.4) is 0 Å². The second-order valence-electron chi connectivity index (χ2n) is 7.36. The summed E-state index contributed by atoms with van der Waals surface area (Å²) in [5, 5.41) is 10.9. The number of ether oxygens (including phenoxy) is 1. The van der Waals surface area contributed by atoms with E-state index < -0.39 is 10.9 Å². The van der Waals surface area contributed by atoms with Gasteiger partial charge in [-0.3, -0.25) is 24.6 Å². The number of carbonyl (C=O) groups excluding carboxylic acids is 3. The molecule has 8 nitrogen and oxygen atoms in total. The lowest BCUT2D eigenvalue weighted by molar-refractivity contribution is -0.384. The maximum Gasteiger partial charge on any atom is 0.343 e. The fourth-order valence-corrected chi connectivity index (χ4v) is 3.98. The molecule has 0 aromatic heterocycles. The summed E-state index contributed by atoms with van der Waals surface area (Å²) in [4.78, 5) is 49.3. The number of nitro benzene ring substituents is 1. The third-order valence-electron chi connectivity index (χ3n) is 5.47. The summed E-state index contributed by atoms with van der Waals surface area (Å²) in [7, 11) is 0. The molecule has 152 valence electrons. The predicted molar refractivity (Wildman–Crippen MR) is 107 cm³/mol. The van der Waals surface area contributed by atoms with Crippen LogP contribution in [0.1, 0.15) is 23.7 Å². The molecule has 2 aromatic rings. The minimum atomic E-state index is -0.745. The highest BCUT2D eigenvalue weighted by molar-refractivity contribution is 6.22. The first-order valence-electron chi connectivity index (χ1n) is 9.48. The monoisotopic (exact) mass is 406 g/mol. The zero-order chi connectivity index (χ0) is 21.4. The van der Waals surface area contributed by atoms with Crippen LogP contribution in [0.2, 0.25) is 0 Å². The summed E-state index contributed by atoms with van der Waals surface area (Å²) in [5.74, 6) is -1.68. The molecule has 1 aliphatic carbocycles. The maximum atomic E-state index is 12.8. The molecular formula is C22H18N2O6. The van der Waals surface area contributed by atoms with Crippen LogP contribution >= 0.6 is 0 Å². The van der Waals surface area contributed by atoms with E-state index in [0.29, 0.717) is 12.1 Å². The van der Waals surface area contributed by atoms with Crippen LogP contribution in [0.15, 0.2) is 60.7 Å². The topological polar surface area (TPSA) is 107 Å². The number of hydrogen-bond donors (Lipinski definition) is 0. The van der Waals surface area contributed by atoms with Crippen molar-refractivity contribution < 1.29 is 24.0 Å². The first-order valence-corrected chi connectivity index (χ1v) is 9.48. The molecule has 2 amide bonds. The number of allylic oxidation sites excluding steroid dienone is 2. The standard InChI is InChI=1S/C22H18N2O6/c1-13-4-2-7-18-19(13)21(26)23(20(18)25)15-8-10-17(11-9-15)30-22(27)14-5-3-6-16(12-14)24(28)29/h2-6,8-13,18-19H,7H2,1H3. The lowest BCUT2D eigenvalue weighted by Gasteiger charge is -2.22. The number of nitro groups is 1. The van der Waals surface area contributed by atoms with E-state index in [1.54, 1.807) is 12.1 Å². The Labute approximate surface area is 171 Å². The van der Waals surface area contributed by atoms with Gasteiger partial charge in [-0.25, -0.2) is 4.79 Å². The van der Waals surface area contributed by atoms with Gasteiger partial charge >= 0.3 is 5.97 Å². The van der Waals surface area contributed by atoms with Gasteiger partial charge in [-0.1, -0.05) is 25.1 Å². The summed E-state index contributed by atoms with van der Waals surface area (Å²) in [5.41, 5.74) is 0.251. The van der Waals surface area contributed by atoms with E-state index in [0.717, 1.165) is 6.07 Å². The van der Waals surface area contributed by atoms with Crippen molar-refractivity contribution in [1.82, 2.24) is 0 Å². The van der Waals surface area contributed by atoms with Crippen molar-refractivity contribution in [2.24, 2.45) is 17.8 Å². The Kier molecular flexibility index (Phi) is 4.91. The number of rotatable bonds is 4. The van der Waals surface area contributed by atoms with Crippen molar-refractivity contribution in [1.29, 1.82) is 0 Å². The van der Waals surface area contributed by atoms with Gasteiger partial charge in [0.15, 0.2) is 0 Å². The van der Waals surface area contributed by atoms with E-state index in [-0.39, 0.29) is 46.6 Å². The van der Waals surface area contributed by atoms with Crippen LogP contribution in [0.25, 0.3) is 0 Å². The molecule has 8 heteroatoms. The summed E-state index contributed by atoms with van der Waals surface area (Å²) in [6.07, 6.45) is 4.46. The highest BCUT2D eigenvalue weighted by Crippen LogP contribution is 2.40. The van der Waals surface area contributed by atoms with Crippen molar-refractivity contribution in [3.63, 3.8) is 0 Å². The number of benzene rings is 2. The molecule has 0 bridgehead atoms. The number of nitrogens with zero attached hydrogens (tertiary/aromatic N) is 2. The molecule has 0 saturated carbocycles. The first kappa shape index (κ1) is 19.5. The molecule has 3 atom stereocenters. The van der Waals surface area contributed by atoms with E-state index >= 15 is 0 Å². The van der Waals surface area contributed by atoms with Gasteiger partial charge in [0.2, 0.25) is 11.8 Å². The first-order chi connectivity index (χ1) is 14.4. The molecule has 0 N–H and O–H groups in total. The van der Waals surface area contributed by atoms with Gasteiger partial charge in [-0.15, -0.1) is 0 Å². The minimum absolute atomic E-state index is 0.000331. The van der Waals surface area contributed by atoms with Gasteiger partial charge in [0, 0.05) is 12.1 Å². The molecule has 30 heavy (non-hydrogen) atoms. The largest absolute Gasteiger partial charge is 0.423 e. The van der Waals surface area contributed by atoms with Gasteiger partial charge in [0.25, 0.3) is 5.69 Å². The number of carbonyl (C=O) groups is 3. The lowest BCUT2D eigenvalue weighted by Crippen LogP contribution is -2.31. The Balaban J connectivity index is 1.50. The molecule has 0 radical (unpaired) electrons. The Hall–Kier alpha value is -3.81. The van der Waals surface area contributed by atoms with Crippen molar-refractivity contribution in [2.45, 2.75) is 13.3 Å². The third-order valence-corrected chi connectivity index (χ3v) is 5.47. The van der Waals surface area contributed by atoms with Crippen LogP contribution in [0.5, 0.6) is 5.75 Å². The van der Waals surface area contributed by atoms with Crippen molar-refractivity contribution in [2.75, 3.05) is 4.90 Å². The van der Waals surface area contributed by atoms with Gasteiger partial charge in [-0.05, 0) is 42.7 Å². The molecular weight excluding hydrogens is 388 g/mol. The average Bonchev–Trinajstić information content (AvgIpc) is 3.00. The van der Waals surface area contributed by atoms with Crippen LogP contribution < -0.4 is 9.64 Å². The van der Waals surface area contributed by atoms with E-state index in [1.165, 1.54) is 35.2 Å². The molecule has 0 spiro atoms. The highest BCUT2D eigenvalue weighted by atomic mass is 16.6. The fraction of sp³-hybridized carbons (Fsp3) is 0.227. The summed E-state index contributed by atoms with van der Waals surface area (Å²) < 4.78 is 5.26. The molecule has 1 saturated heterocycles. The van der Waals surface area contributed by atoms with E-state index in [2.05, 4.69) is 0 Å². The third kappa shape index (κ3) is 3.36. The number of non-ortho nitro benzene ring substituents is 1. The zero-order valence-electron chi connectivity index (χ0n) is 16.1. The van der Waals surface area contributed by atoms with Crippen molar-refractivity contribution in [3.8, 4) is 5.75 Å². The van der Waals surface area contributed by atoms with E-state index in [4.69, 9.17) is 4.74 Å². The van der Waals surface area contributed by atoms with E-state index in [9.17, 15) is 24.5 Å². The molecule has 3 unspecified atom stereocenters. The SMILES string of the molecule is CC1C=CCC2C(=O)N(c3ccc(OC(=O)c4cccc([N+](=O)[O-])c4)cc3)C(=O)C12. The molecule has 2 aliphatic rings. The molecule has 1 fully saturated rings. The predicted octanol–water partition coefficient (Wildman–Crippen LogP) is 3.52. The highest BCUT2D eigenvalue weighted by Gasteiger charge is 2.50. The summed E-state index contributed by atoms with van der Waals surface area (Å²) in [6, 6.07) is 11.3. The van der Waals surface area contributed by atoms with E-state index in [1.807, 2.05) is 19.1 Å². The second-order valence-corrected chi connectivity index (χ2v) is 7.36. The van der Waals surface area contributed by atoms with Crippen LogP contribution in [-0.2, 0) is 9.59 Å². The van der Waals surface area contributed by atoms with Gasteiger partial charge < -0.3 is 4.74 Å². The Morgan fingerprint density at radius 1 is 1.13 bits per heavy atom. The number of hydrogen-bond acceptors (Lipinski definition) is 6. The van der Waals surface area contributed by atoms with Crippen molar-refractivity contribution >= 4 is 29.2 Å². The Morgan fingerprint density at radius 2 is 1.87 bits per heavy atom. The Morgan fingerprint density at radius 3 is 2.53 bits per heavy atom. The summed E-state index contributed by atoms with van der Waals surface area (Å²) >= 11 is 0. The van der Waals surface area contributed by atoms with Crippen LogP contribution in [0.4, 0.5) is 11.4 Å².